The molecule has 1 N–H and O–H groups in total. The molecule has 0 spiro atoms. The Morgan fingerprint density at radius 3 is 2.41 bits per heavy atom. The van der Waals surface area contributed by atoms with Gasteiger partial charge in [-0.3, -0.25) is 4.79 Å². The second-order valence-corrected chi connectivity index (χ2v) is 10.2. The van der Waals surface area contributed by atoms with Crippen LogP contribution in [0.2, 0.25) is 10.0 Å². The van der Waals surface area contributed by atoms with Gasteiger partial charge in [0.05, 0.1) is 34.7 Å². The lowest BCUT2D eigenvalue weighted by Gasteiger charge is -2.29. The number of unbranched alkanes of at least 4 members (excludes halogenated alkanes) is 1. The average molecular weight is 500 g/mol. The molecular weight excluding hydrogens is 473 g/mol. The van der Waals surface area contributed by atoms with Crippen molar-refractivity contribution in [2.75, 3.05) is 49.6 Å². The number of morpholine rings is 1. The van der Waals surface area contributed by atoms with Gasteiger partial charge in [-0.25, -0.2) is 8.42 Å². The van der Waals surface area contributed by atoms with Crippen LogP contribution in [0.25, 0.3) is 0 Å². The van der Waals surface area contributed by atoms with Crippen molar-refractivity contribution >= 4 is 50.5 Å². The Morgan fingerprint density at radius 1 is 1.09 bits per heavy atom. The van der Waals surface area contributed by atoms with Crippen LogP contribution in [-0.2, 0) is 19.6 Å². The van der Waals surface area contributed by atoms with Crippen LogP contribution in [0.5, 0.6) is 0 Å². The fourth-order valence-corrected chi connectivity index (χ4v) is 5.17. The Hall–Kier alpha value is -1.84. The lowest BCUT2D eigenvalue weighted by molar-refractivity contribution is -0.116. The van der Waals surface area contributed by atoms with Crippen molar-refractivity contribution in [1.29, 1.82) is 0 Å². The van der Waals surface area contributed by atoms with Crippen LogP contribution in [0, 0.1) is 0 Å². The van der Waals surface area contributed by atoms with Gasteiger partial charge in [-0.05, 0) is 48.9 Å². The number of sulfonamides is 1. The van der Waals surface area contributed by atoms with E-state index < -0.39 is 15.9 Å². The summed E-state index contributed by atoms with van der Waals surface area (Å²) in [5, 5.41) is 3.20. The van der Waals surface area contributed by atoms with E-state index in [9.17, 15) is 13.2 Å². The number of carbonyl (C=O) groups excluding carboxylic acids is 1. The standard InChI is InChI=1S/C22H27Cl2N3O4S/c1-2-3-10-27(32(29,30)19-8-9-20(23)21(24)15-19)16-22(28)25-17-4-6-18(7-5-17)26-11-13-31-14-12-26/h4-9,15H,2-3,10-14,16H2,1H3,(H,25,28). The number of ether oxygens (including phenoxy) is 1. The maximum absolute atomic E-state index is 13.1. The molecule has 7 nitrogen and oxygen atoms in total. The number of carbonyl (C=O) groups is 1. The highest BCUT2D eigenvalue weighted by Gasteiger charge is 2.27. The SMILES string of the molecule is CCCCN(CC(=O)Nc1ccc(N2CCOCC2)cc1)S(=O)(=O)c1ccc(Cl)c(Cl)c1. The third kappa shape index (κ3) is 6.36. The molecule has 0 aromatic heterocycles. The molecule has 1 aliphatic rings. The molecule has 1 heterocycles. The Labute approximate surface area is 199 Å². The predicted molar refractivity (Wildman–Crippen MR) is 128 cm³/mol. The fourth-order valence-electron chi connectivity index (χ4n) is 3.34. The van der Waals surface area contributed by atoms with Gasteiger partial charge in [0, 0.05) is 31.0 Å². The van der Waals surface area contributed by atoms with E-state index in [4.69, 9.17) is 27.9 Å². The van der Waals surface area contributed by atoms with Gasteiger partial charge in [0.1, 0.15) is 0 Å². The Bertz CT molecular complexity index is 1030. The van der Waals surface area contributed by atoms with Crippen LogP contribution in [0.1, 0.15) is 19.8 Å². The average Bonchev–Trinajstić information content (AvgIpc) is 2.79. The van der Waals surface area contributed by atoms with E-state index in [2.05, 4.69) is 10.2 Å². The molecular formula is C22H27Cl2N3O4S. The Balaban J connectivity index is 1.69. The van der Waals surface area contributed by atoms with E-state index in [-0.39, 0.29) is 28.0 Å². The van der Waals surface area contributed by atoms with E-state index in [0.717, 1.165) is 25.2 Å². The molecule has 2 aromatic rings. The molecule has 1 fully saturated rings. The Kier molecular flexibility index (Phi) is 8.79. The second-order valence-electron chi connectivity index (χ2n) is 7.46. The molecule has 1 saturated heterocycles. The first-order valence-corrected chi connectivity index (χ1v) is 12.7. The van der Waals surface area contributed by atoms with Crippen molar-refractivity contribution in [3.05, 3.63) is 52.5 Å². The highest BCUT2D eigenvalue weighted by atomic mass is 35.5. The summed E-state index contributed by atoms with van der Waals surface area (Å²) in [6.07, 6.45) is 1.42. The number of anilines is 2. The van der Waals surface area contributed by atoms with Crippen LogP contribution < -0.4 is 10.2 Å². The van der Waals surface area contributed by atoms with Gasteiger partial charge in [-0.1, -0.05) is 36.5 Å². The molecule has 0 unspecified atom stereocenters. The first kappa shape index (κ1) is 24.8. The van der Waals surface area contributed by atoms with Crippen molar-refractivity contribution < 1.29 is 17.9 Å². The summed E-state index contributed by atoms with van der Waals surface area (Å²) < 4.78 is 32.8. The van der Waals surface area contributed by atoms with Crippen LogP contribution in [0.15, 0.2) is 47.4 Å². The van der Waals surface area contributed by atoms with Crippen LogP contribution in [0.4, 0.5) is 11.4 Å². The maximum atomic E-state index is 13.1. The molecule has 0 radical (unpaired) electrons. The smallest absolute Gasteiger partial charge is 0.243 e. The summed E-state index contributed by atoms with van der Waals surface area (Å²) in [7, 11) is -3.91. The molecule has 1 amide bonds. The molecule has 3 rings (SSSR count). The third-order valence-corrected chi connectivity index (χ3v) is 7.72. The summed E-state index contributed by atoms with van der Waals surface area (Å²) in [4.78, 5) is 14.9. The number of rotatable bonds is 9. The van der Waals surface area contributed by atoms with Crippen molar-refractivity contribution in [3.8, 4) is 0 Å². The molecule has 1 aliphatic heterocycles. The minimum absolute atomic E-state index is 0.00525. The predicted octanol–water partition coefficient (Wildman–Crippen LogP) is 4.26. The molecule has 0 atom stereocenters. The number of benzene rings is 2. The number of amides is 1. The lowest BCUT2D eigenvalue weighted by Crippen LogP contribution is -2.38. The highest BCUT2D eigenvalue weighted by molar-refractivity contribution is 7.89. The van der Waals surface area contributed by atoms with Crippen LogP contribution in [0.3, 0.4) is 0 Å². The van der Waals surface area contributed by atoms with Crippen molar-refractivity contribution in [1.82, 2.24) is 4.31 Å². The first-order chi connectivity index (χ1) is 15.3. The maximum Gasteiger partial charge on any atom is 0.243 e. The number of nitrogens with one attached hydrogen (secondary N) is 1. The topological polar surface area (TPSA) is 79.0 Å². The summed E-state index contributed by atoms with van der Waals surface area (Å²) >= 11 is 11.9. The number of halogens is 2. The summed E-state index contributed by atoms with van der Waals surface area (Å²) in [5.74, 6) is -0.413. The second kappa shape index (κ2) is 11.3. The van der Waals surface area contributed by atoms with Gasteiger partial charge in [-0.2, -0.15) is 4.31 Å². The zero-order chi connectivity index (χ0) is 23.1. The molecule has 0 saturated carbocycles. The van der Waals surface area contributed by atoms with E-state index in [1.165, 1.54) is 22.5 Å². The monoisotopic (exact) mass is 499 g/mol. The van der Waals surface area contributed by atoms with Gasteiger partial charge >= 0.3 is 0 Å². The van der Waals surface area contributed by atoms with Crippen molar-refractivity contribution in [3.63, 3.8) is 0 Å². The van der Waals surface area contributed by atoms with E-state index >= 15 is 0 Å². The molecule has 0 aliphatic carbocycles. The van der Waals surface area contributed by atoms with Gasteiger partial charge < -0.3 is 15.0 Å². The Morgan fingerprint density at radius 2 is 1.78 bits per heavy atom. The minimum atomic E-state index is -3.91. The van der Waals surface area contributed by atoms with Gasteiger partial charge in [0.15, 0.2) is 0 Å². The van der Waals surface area contributed by atoms with Crippen molar-refractivity contribution in [2.24, 2.45) is 0 Å². The van der Waals surface area contributed by atoms with E-state index in [1.54, 1.807) is 0 Å². The van der Waals surface area contributed by atoms with Gasteiger partial charge in [0.2, 0.25) is 15.9 Å². The van der Waals surface area contributed by atoms with Gasteiger partial charge in [0.25, 0.3) is 0 Å². The minimum Gasteiger partial charge on any atom is -0.378 e. The van der Waals surface area contributed by atoms with Crippen LogP contribution >= 0.6 is 23.2 Å². The largest absolute Gasteiger partial charge is 0.378 e. The molecule has 0 bridgehead atoms. The molecule has 174 valence electrons. The third-order valence-electron chi connectivity index (χ3n) is 5.14. The zero-order valence-electron chi connectivity index (χ0n) is 17.9. The normalized spacial score (nSPS) is 14.6. The van der Waals surface area contributed by atoms with E-state index in [1.807, 2.05) is 31.2 Å². The summed E-state index contributed by atoms with van der Waals surface area (Å²) in [5.41, 5.74) is 1.66. The summed E-state index contributed by atoms with van der Waals surface area (Å²) in [6, 6.07) is 11.6. The highest BCUT2D eigenvalue weighted by Crippen LogP contribution is 2.27. The van der Waals surface area contributed by atoms with Crippen molar-refractivity contribution in [2.45, 2.75) is 24.7 Å². The molecule has 10 heteroatoms. The van der Waals surface area contributed by atoms with Gasteiger partial charge in [-0.15, -0.1) is 0 Å². The quantitative estimate of drug-likeness (QED) is 0.557. The number of nitrogens with zero attached hydrogens (tertiary/aromatic N) is 2. The molecule has 2 aromatic carbocycles. The lowest BCUT2D eigenvalue weighted by atomic mass is 10.2. The zero-order valence-corrected chi connectivity index (χ0v) is 20.2. The number of hydrogen-bond acceptors (Lipinski definition) is 5. The first-order valence-electron chi connectivity index (χ1n) is 10.5. The van der Waals surface area contributed by atoms with Crippen LogP contribution in [-0.4, -0.2) is 58.0 Å². The summed E-state index contributed by atoms with van der Waals surface area (Å²) in [6.45, 7) is 4.92. The molecule has 32 heavy (non-hydrogen) atoms. The van der Waals surface area contributed by atoms with E-state index in [0.29, 0.717) is 25.3 Å². The fraction of sp³-hybridized carbons (Fsp3) is 0.409. The number of hydrogen-bond donors (Lipinski definition) is 1.